The van der Waals surface area contributed by atoms with Crippen molar-refractivity contribution >= 4 is 17.8 Å². The third kappa shape index (κ3) is 3.81. The van der Waals surface area contributed by atoms with E-state index in [1.54, 1.807) is 12.1 Å². The molecule has 4 rings (SSSR count). The van der Waals surface area contributed by atoms with Crippen LogP contribution in [0.4, 0.5) is 18.9 Å². The van der Waals surface area contributed by atoms with Crippen molar-refractivity contribution in [1.82, 2.24) is 9.62 Å². The lowest BCUT2D eigenvalue weighted by molar-refractivity contribution is 0.106. The summed E-state index contributed by atoms with van der Waals surface area (Å²) in [6.45, 7) is 4.30. The first-order valence-corrected chi connectivity index (χ1v) is 9.87. The molecule has 7 heteroatoms. The average molecular weight is 393 g/mol. The number of hydrogen-bond acceptors (Lipinski definition) is 4. The molecular weight excluding hydrogens is 371 g/mol. The fraction of sp³-hybridized carbons (Fsp3) is 0.400. The minimum atomic E-state index is -0.542. The van der Waals surface area contributed by atoms with E-state index >= 15 is 0 Å². The molecule has 0 radical (unpaired) electrons. The zero-order valence-electron chi connectivity index (χ0n) is 15.1. The van der Waals surface area contributed by atoms with Crippen molar-refractivity contribution in [2.45, 2.75) is 37.9 Å². The maximum absolute atomic E-state index is 13.7. The highest BCUT2D eigenvalue weighted by Gasteiger charge is 2.46. The molecule has 27 heavy (non-hydrogen) atoms. The van der Waals surface area contributed by atoms with Crippen LogP contribution >= 0.6 is 12.1 Å². The van der Waals surface area contributed by atoms with Crippen molar-refractivity contribution in [1.29, 1.82) is 0 Å². The summed E-state index contributed by atoms with van der Waals surface area (Å²) in [6, 6.07) is 10.6. The number of piperidine rings is 1. The molecule has 0 unspecified atom stereocenters. The van der Waals surface area contributed by atoms with Gasteiger partial charge in [-0.15, -0.1) is 0 Å². The molecule has 1 spiro atoms. The maximum Gasteiger partial charge on any atom is 0.126 e. The summed E-state index contributed by atoms with van der Waals surface area (Å²) >= 11 is 1.52. The average Bonchev–Trinajstić information content (AvgIpc) is 3.00. The number of nitrogens with one attached hydrogen (secondary N) is 1. The Kier molecular flexibility index (Phi) is 5.09. The van der Waals surface area contributed by atoms with Crippen LogP contribution in [0.1, 0.15) is 25.3 Å². The van der Waals surface area contributed by atoms with E-state index in [9.17, 15) is 13.2 Å². The Labute approximate surface area is 161 Å². The third-order valence-corrected chi connectivity index (χ3v) is 6.56. The first kappa shape index (κ1) is 18.7. The summed E-state index contributed by atoms with van der Waals surface area (Å²) in [4.78, 5) is 2.26. The molecule has 2 aromatic rings. The second-order valence-electron chi connectivity index (χ2n) is 7.46. The molecule has 3 nitrogen and oxygen atoms in total. The summed E-state index contributed by atoms with van der Waals surface area (Å²) in [5.41, 5.74) is 1.41. The van der Waals surface area contributed by atoms with Gasteiger partial charge in [0.05, 0.1) is 11.2 Å². The van der Waals surface area contributed by atoms with Crippen LogP contribution in [0.3, 0.4) is 0 Å². The Morgan fingerprint density at radius 1 is 1.11 bits per heavy atom. The van der Waals surface area contributed by atoms with Crippen LogP contribution in [0.2, 0.25) is 0 Å². The molecular formula is C20H22F3N3S. The van der Waals surface area contributed by atoms with Crippen molar-refractivity contribution in [3.63, 3.8) is 0 Å². The molecule has 144 valence electrons. The fourth-order valence-corrected chi connectivity index (χ4v) is 5.30. The highest BCUT2D eigenvalue weighted by atomic mass is 32.2. The summed E-state index contributed by atoms with van der Waals surface area (Å²) in [5, 5.41) is 0. The second-order valence-corrected chi connectivity index (χ2v) is 8.30. The van der Waals surface area contributed by atoms with E-state index in [0.29, 0.717) is 12.1 Å². The van der Waals surface area contributed by atoms with E-state index in [4.69, 9.17) is 0 Å². The largest absolute Gasteiger partial charge is 0.296 e. The van der Waals surface area contributed by atoms with Crippen LogP contribution in [-0.2, 0) is 6.54 Å². The van der Waals surface area contributed by atoms with Crippen LogP contribution in [0.25, 0.3) is 0 Å². The predicted molar refractivity (Wildman–Crippen MR) is 103 cm³/mol. The zero-order valence-corrected chi connectivity index (χ0v) is 15.9. The maximum atomic E-state index is 13.7. The molecule has 0 amide bonds. The first-order chi connectivity index (χ1) is 12.9. The van der Waals surface area contributed by atoms with E-state index in [1.165, 1.54) is 30.3 Å². The molecule has 2 aromatic carbocycles. The Morgan fingerprint density at radius 3 is 2.59 bits per heavy atom. The monoisotopic (exact) mass is 393 g/mol. The lowest BCUT2D eigenvalue weighted by Gasteiger charge is -2.47. The minimum absolute atomic E-state index is 0.0957. The van der Waals surface area contributed by atoms with Gasteiger partial charge in [0.1, 0.15) is 17.5 Å². The molecule has 2 heterocycles. The van der Waals surface area contributed by atoms with E-state index in [-0.39, 0.29) is 17.4 Å². The van der Waals surface area contributed by atoms with Crippen molar-refractivity contribution in [2.75, 3.05) is 17.4 Å². The molecule has 2 fully saturated rings. The van der Waals surface area contributed by atoms with Crippen LogP contribution in [0, 0.1) is 17.5 Å². The number of halogens is 3. The molecule has 2 aliphatic heterocycles. The van der Waals surface area contributed by atoms with Crippen LogP contribution in [-0.4, -0.2) is 29.6 Å². The van der Waals surface area contributed by atoms with Gasteiger partial charge < -0.3 is 0 Å². The Balaban J connectivity index is 1.50. The van der Waals surface area contributed by atoms with Crippen molar-refractivity contribution in [3.05, 3.63) is 65.5 Å². The van der Waals surface area contributed by atoms with Crippen LogP contribution in [0.15, 0.2) is 42.5 Å². The number of nitrogens with zero attached hydrogens (tertiary/aromatic N) is 2. The predicted octanol–water partition coefficient (Wildman–Crippen LogP) is 4.50. The van der Waals surface area contributed by atoms with Gasteiger partial charge in [-0.2, -0.15) is 0 Å². The van der Waals surface area contributed by atoms with E-state index in [0.717, 1.165) is 37.7 Å². The van der Waals surface area contributed by atoms with Crippen molar-refractivity contribution in [3.8, 4) is 0 Å². The number of hydrogen-bond donors (Lipinski definition) is 1. The van der Waals surface area contributed by atoms with Gasteiger partial charge >= 0.3 is 0 Å². The quantitative estimate of drug-likeness (QED) is 0.774. The smallest absolute Gasteiger partial charge is 0.126 e. The number of likely N-dealkylation sites (tertiary alicyclic amines) is 1. The van der Waals surface area contributed by atoms with Gasteiger partial charge in [-0.1, -0.05) is 6.07 Å². The second kappa shape index (κ2) is 7.37. The molecule has 2 aliphatic rings. The van der Waals surface area contributed by atoms with Gasteiger partial charge in [0.25, 0.3) is 0 Å². The zero-order chi connectivity index (χ0) is 19.0. The Bertz CT molecular complexity index is 814. The van der Waals surface area contributed by atoms with Gasteiger partial charge in [0.2, 0.25) is 0 Å². The van der Waals surface area contributed by atoms with Gasteiger partial charge in [-0.25, -0.2) is 17.9 Å². The van der Waals surface area contributed by atoms with Gasteiger partial charge in [-0.3, -0.25) is 9.21 Å². The van der Waals surface area contributed by atoms with Gasteiger partial charge in [0, 0.05) is 43.9 Å². The minimum Gasteiger partial charge on any atom is -0.296 e. The number of rotatable bonds is 3. The lowest BCUT2D eigenvalue weighted by Crippen LogP contribution is -2.56. The molecule has 2 saturated heterocycles. The first-order valence-electron chi connectivity index (χ1n) is 9.10. The molecule has 0 aromatic heterocycles. The van der Waals surface area contributed by atoms with E-state index < -0.39 is 11.6 Å². The number of anilines is 1. The summed E-state index contributed by atoms with van der Waals surface area (Å²) in [5.74, 6) is -1.33. The topological polar surface area (TPSA) is 18.5 Å². The molecule has 2 atom stereocenters. The molecule has 0 aliphatic carbocycles. The number of benzene rings is 2. The normalized spacial score (nSPS) is 26.1. The summed E-state index contributed by atoms with van der Waals surface area (Å²) in [6.07, 6.45) is 1.78. The molecule has 0 bridgehead atoms. The Hall–Kier alpha value is -1.70. The van der Waals surface area contributed by atoms with Gasteiger partial charge in [-0.05, 0) is 55.7 Å². The fourth-order valence-electron chi connectivity index (χ4n) is 4.20. The standard InChI is InChI=1S/C20H22F3N3S/c1-14-11-20(13-24-27-26(20)19-4-2-3-16(21)10-19)5-6-25(14)12-15-7-17(22)9-18(23)8-15/h2-4,7-10,14,24H,5-6,11-13H2,1H3/t14-,20+/m0/s1. The van der Waals surface area contributed by atoms with Gasteiger partial charge in [0.15, 0.2) is 0 Å². The molecule has 0 saturated carbocycles. The SMILES string of the molecule is C[C@H]1C[C@]2(CCN1Cc1cc(F)cc(F)c1)CNSN2c1cccc(F)c1. The summed E-state index contributed by atoms with van der Waals surface area (Å²) in [7, 11) is 0. The molecule has 1 N–H and O–H groups in total. The summed E-state index contributed by atoms with van der Waals surface area (Å²) < 4.78 is 46.2. The van der Waals surface area contributed by atoms with Crippen molar-refractivity contribution < 1.29 is 13.2 Å². The lowest BCUT2D eigenvalue weighted by atomic mass is 9.83. The van der Waals surface area contributed by atoms with E-state index in [2.05, 4.69) is 20.9 Å². The van der Waals surface area contributed by atoms with Crippen LogP contribution < -0.4 is 9.03 Å². The third-order valence-electron chi connectivity index (χ3n) is 5.50. The highest BCUT2D eigenvalue weighted by Crippen LogP contribution is 2.43. The highest BCUT2D eigenvalue weighted by molar-refractivity contribution is 7.99. The van der Waals surface area contributed by atoms with Crippen LogP contribution in [0.5, 0.6) is 0 Å². The van der Waals surface area contributed by atoms with Crippen molar-refractivity contribution in [2.24, 2.45) is 0 Å². The van der Waals surface area contributed by atoms with E-state index in [1.807, 2.05) is 6.07 Å². The Morgan fingerprint density at radius 2 is 1.89 bits per heavy atom.